The predicted octanol–water partition coefficient (Wildman–Crippen LogP) is 11.4. The highest BCUT2D eigenvalue weighted by Crippen LogP contribution is 2.48. The van der Waals surface area contributed by atoms with E-state index in [-0.39, 0.29) is 10.8 Å². The molecule has 0 spiro atoms. The zero-order valence-corrected chi connectivity index (χ0v) is 30.2. The van der Waals surface area contributed by atoms with Gasteiger partial charge in [0.05, 0.1) is 5.41 Å². The van der Waals surface area contributed by atoms with E-state index in [0.717, 1.165) is 50.2 Å². The largest absolute Gasteiger partial charge is 0.344 e. The zero-order valence-electron chi connectivity index (χ0n) is 29.4. The summed E-state index contributed by atoms with van der Waals surface area (Å²) in [6.07, 6.45) is 14.4. The molecule has 4 aromatic rings. The Morgan fingerprint density at radius 3 is 2.04 bits per heavy atom. The molecule has 2 nitrogen and oxygen atoms in total. The lowest BCUT2D eigenvalue weighted by molar-refractivity contribution is -0.436. The average molecular weight is 664 g/mol. The molecule has 2 heterocycles. The summed E-state index contributed by atoms with van der Waals surface area (Å²) in [6.45, 7) is 11.3. The molecule has 49 heavy (non-hydrogen) atoms. The number of para-hydroxylation sites is 2. The van der Waals surface area contributed by atoms with Crippen molar-refractivity contribution in [3.05, 3.63) is 178 Å². The summed E-state index contributed by atoms with van der Waals surface area (Å²) in [7, 11) is 0. The Morgan fingerprint density at radius 2 is 1.31 bits per heavy atom. The van der Waals surface area contributed by atoms with Crippen molar-refractivity contribution in [3.63, 3.8) is 0 Å². The van der Waals surface area contributed by atoms with Gasteiger partial charge in [0.1, 0.15) is 0 Å². The summed E-state index contributed by atoms with van der Waals surface area (Å²) in [5.41, 5.74) is 13.1. The van der Waals surface area contributed by atoms with Crippen LogP contribution in [0, 0.1) is 0 Å². The first-order valence-corrected chi connectivity index (χ1v) is 18.3. The normalized spacial score (nSPS) is 19.7. The number of fused-ring (bicyclic) bond motifs is 2. The minimum Gasteiger partial charge on any atom is -0.344 e. The Bertz CT molecular complexity index is 1990. The van der Waals surface area contributed by atoms with E-state index in [1.54, 1.807) is 0 Å². The monoisotopic (exact) mass is 663 g/mol. The third-order valence-corrected chi connectivity index (χ3v) is 11.4. The van der Waals surface area contributed by atoms with Crippen molar-refractivity contribution in [1.29, 1.82) is 0 Å². The van der Waals surface area contributed by atoms with E-state index in [1.807, 2.05) is 0 Å². The molecule has 0 fully saturated rings. The Kier molecular flexibility index (Phi) is 9.36. The van der Waals surface area contributed by atoms with Crippen LogP contribution in [0.1, 0.15) is 69.2 Å². The summed E-state index contributed by atoms with van der Waals surface area (Å²) < 4.78 is 2.53. The lowest BCUT2D eigenvalue weighted by Crippen LogP contribution is -2.28. The maximum absolute atomic E-state index is 7.29. The maximum Gasteiger partial charge on any atom is 0.209 e. The number of anilines is 1. The predicted molar refractivity (Wildman–Crippen MR) is 208 cm³/mol. The van der Waals surface area contributed by atoms with Crippen molar-refractivity contribution in [2.75, 3.05) is 18.0 Å². The topological polar surface area (TPSA) is 6.25 Å². The number of rotatable bonds is 9. The molecule has 7 rings (SSSR count). The SMILES string of the molecule is CC1(C)C(=CC=C2CCCC(C=CC3=[N+](CCc4ccccc4)c4ccccc4C3(C)C)=C2Cl)N(CCc2ccccc2)c2ccccc21. The molecule has 0 radical (unpaired) electrons. The Morgan fingerprint density at radius 1 is 0.673 bits per heavy atom. The van der Waals surface area contributed by atoms with Crippen LogP contribution in [0.2, 0.25) is 0 Å². The van der Waals surface area contributed by atoms with Crippen molar-refractivity contribution in [3.8, 4) is 0 Å². The molecule has 248 valence electrons. The van der Waals surface area contributed by atoms with E-state index in [4.69, 9.17) is 11.6 Å². The fourth-order valence-corrected chi connectivity index (χ4v) is 8.42. The summed E-state index contributed by atoms with van der Waals surface area (Å²) >= 11 is 7.29. The first-order valence-electron chi connectivity index (χ1n) is 17.9. The number of allylic oxidation sites excluding steroid dienone is 8. The standard InChI is InChI=1S/C46H48ClN2/c1-45(2)38-22-11-13-24-40(38)48(32-30-34-16-7-5-8-17-34)42(45)28-26-36-20-15-21-37(44(36)47)27-29-43-46(3,4)39-23-12-14-25-41(39)49(43)33-31-35-18-9-6-10-19-35/h5-14,16-19,22-29H,15,20-21,30-33H2,1-4H3/q+1. The summed E-state index contributed by atoms with van der Waals surface area (Å²) in [6, 6.07) is 39.4. The Hall–Kier alpha value is -4.40. The molecule has 1 aliphatic carbocycles. The molecule has 0 atom stereocenters. The molecule has 0 saturated carbocycles. The van der Waals surface area contributed by atoms with Crippen LogP contribution in [0.25, 0.3) is 0 Å². The molecule has 0 amide bonds. The molecule has 0 saturated heterocycles. The molecule has 3 aliphatic rings. The number of nitrogens with zero attached hydrogens (tertiary/aromatic N) is 2. The fraction of sp³-hybridized carbons (Fsp3) is 0.283. The second-order valence-electron chi connectivity index (χ2n) is 14.7. The highest BCUT2D eigenvalue weighted by molar-refractivity contribution is 6.32. The maximum atomic E-state index is 7.29. The fourth-order valence-electron chi connectivity index (χ4n) is 8.10. The molecular formula is C46H48ClN2+. The van der Waals surface area contributed by atoms with Crippen LogP contribution in [0.5, 0.6) is 0 Å². The van der Waals surface area contributed by atoms with Crippen molar-refractivity contribution < 1.29 is 4.58 Å². The summed E-state index contributed by atoms with van der Waals surface area (Å²) in [5.74, 6) is 0. The van der Waals surface area contributed by atoms with Gasteiger partial charge in [-0.25, -0.2) is 0 Å². The first kappa shape index (κ1) is 33.1. The van der Waals surface area contributed by atoms with E-state index >= 15 is 0 Å². The van der Waals surface area contributed by atoms with Crippen LogP contribution in [0.15, 0.2) is 155 Å². The molecule has 0 unspecified atom stereocenters. The summed E-state index contributed by atoms with van der Waals surface area (Å²) in [5, 5.41) is 0.910. The summed E-state index contributed by atoms with van der Waals surface area (Å²) in [4.78, 5) is 2.53. The van der Waals surface area contributed by atoms with Crippen LogP contribution in [0.4, 0.5) is 11.4 Å². The van der Waals surface area contributed by atoms with Gasteiger partial charge in [-0.1, -0.05) is 135 Å². The Balaban J connectivity index is 1.20. The van der Waals surface area contributed by atoms with Gasteiger partial charge >= 0.3 is 0 Å². The third-order valence-electron chi connectivity index (χ3n) is 10.9. The van der Waals surface area contributed by atoms with E-state index in [1.165, 1.54) is 56.2 Å². The van der Waals surface area contributed by atoms with E-state index in [2.05, 4.69) is 171 Å². The number of halogens is 1. The van der Waals surface area contributed by atoms with Gasteiger partial charge in [-0.05, 0) is 79.5 Å². The van der Waals surface area contributed by atoms with E-state index in [0.29, 0.717) is 0 Å². The van der Waals surface area contributed by atoms with Gasteiger partial charge in [0.25, 0.3) is 0 Å². The molecule has 2 aliphatic heterocycles. The van der Waals surface area contributed by atoms with Gasteiger partial charge in [0.15, 0.2) is 12.3 Å². The van der Waals surface area contributed by atoms with Gasteiger partial charge in [-0.15, -0.1) is 0 Å². The number of hydrogen-bond donors (Lipinski definition) is 0. The minimum absolute atomic E-state index is 0.0964. The van der Waals surface area contributed by atoms with Crippen molar-refractivity contribution >= 4 is 28.7 Å². The lowest BCUT2D eigenvalue weighted by Gasteiger charge is -2.27. The van der Waals surface area contributed by atoms with Crippen molar-refractivity contribution in [1.82, 2.24) is 0 Å². The van der Waals surface area contributed by atoms with Crippen LogP contribution in [-0.2, 0) is 23.7 Å². The third kappa shape index (κ3) is 6.52. The molecule has 0 aromatic heterocycles. The van der Waals surface area contributed by atoms with Gasteiger partial charge in [-0.2, -0.15) is 4.58 Å². The molecule has 0 bridgehead atoms. The molecule has 4 aromatic carbocycles. The van der Waals surface area contributed by atoms with E-state index < -0.39 is 0 Å². The van der Waals surface area contributed by atoms with Gasteiger partial charge < -0.3 is 4.90 Å². The second-order valence-corrected chi connectivity index (χ2v) is 15.1. The number of benzene rings is 4. The van der Waals surface area contributed by atoms with Crippen molar-refractivity contribution in [2.24, 2.45) is 0 Å². The van der Waals surface area contributed by atoms with Crippen LogP contribution >= 0.6 is 11.6 Å². The smallest absolute Gasteiger partial charge is 0.209 e. The zero-order chi connectivity index (χ0) is 34.0. The number of hydrogen-bond acceptors (Lipinski definition) is 1. The lowest BCUT2D eigenvalue weighted by atomic mass is 9.81. The van der Waals surface area contributed by atoms with Gasteiger partial charge in [0, 0.05) is 52.5 Å². The van der Waals surface area contributed by atoms with Gasteiger partial charge in [0.2, 0.25) is 5.69 Å². The highest BCUT2D eigenvalue weighted by Gasteiger charge is 2.44. The Labute approximate surface area is 298 Å². The highest BCUT2D eigenvalue weighted by atomic mass is 35.5. The second kappa shape index (κ2) is 13.8. The molecule has 3 heteroatoms. The molecular weight excluding hydrogens is 616 g/mol. The van der Waals surface area contributed by atoms with Crippen LogP contribution in [0.3, 0.4) is 0 Å². The van der Waals surface area contributed by atoms with Crippen molar-refractivity contribution in [2.45, 2.75) is 70.6 Å². The quantitative estimate of drug-likeness (QED) is 0.162. The van der Waals surface area contributed by atoms with Gasteiger partial charge in [-0.3, -0.25) is 0 Å². The average Bonchev–Trinajstić information content (AvgIpc) is 3.47. The minimum atomic E-state index is -0.0964. The first-order chi connectivity index (χ1) is 23.7. The molecule has 0 N–H and O–H groups in total. The van der Waals surface area contributed by atoms with Crippen LogP contribution < -0.4 is 4.90 Å². The van der Waals surface area contributed by atoms with E-state index in [9.17, 15) is 0 Å². The van der Waals surface area contributed by atoms with Crippen LogP contribution in [-0.4, -0.2) is 23.4 Å².